The smallest absolute Gasteiger partial charge is 0.273 e. The van der Waals surface area contributed by atoms with Crippen LogP contribution in [0.4, 0.5) is 0 Å². The van der Waals surface area contributed by atoms with E-state index in [9.17, 15) is 4.79 Å². The Morgan fingerprint density at radius 2 is 1.90 bits per heavy atom. The van der Waals surface area contributed by atoms with Gasteiger partial charge in [-0.25, -0.2) is 0 Å². The summed E-state index contributed by atoms with van der Waals surface area (Å²) in [5.74, 6) is 1.69. The third-order valence-corrected chi connectivity index (χ3v) is 5.60. The van der Waals surface area contributed by atoms with E-state index < -0.39 is 0 Å². The van der Waals surface area contributed by atoms with Gasteiger partial charge in [-0.1, -0.05) is 12.1 Å². The summed E-state index contributed by atoms with van der Waals surface area (Å²) < 4.78 is 16.5. The van der Waals surface area contributed by atoms with E-state index in [4.69, 9.17) is 14.0 Å². The number of carbonyl (C=O) groups excluding carboxylic acids is 1. The summed E-state index contributed by atoms with van der Waals surface area (Å²) in [6.07, 6.45) is 0. The van der Waals surface area contributed by atoms with Gasteiger partial charge < -0.3 is 24.2 Å². The van der Waals surface area contributed by atoms with Crippen LogP contribution >= 0.6 is 0 Å². The summed E-state index contributed by atoms with van der Waals surface area (Å²) >= 11 is 0. The standard InChI is InChI=1S/C21H28N4O4/c1-3-24-6-8-25(9-7-24)15(2)14-22-21(26)17-13-19(29-23-17)16-4-5-18-20(12-16)28-11-10-27-18/h4-5,12-13,15H,3,6-11,14H2,1-2H3,(H,22,26). The second kappa shape index (κ2) is 8.84. The highest BCUT2D eigenvalue weighted by Gasteiger charge is 2.22. The summed E-state index contributed by atoms with van der Waals surface area (Å²) in [5.41, 5.74) is 1.07. The van der Waals surface area contributed by atoms with Crippen LogP contribution in [0.5, 0.6) is 11.5 Å². The van der Waals surface area contributed by atoms with Crippen LogP contribution in [0.25, 0.3) is 11.3 Å². The number of hydrogen-bond donors (Lipinski definition) is 1. The third kappa shape index (κ3) is 4.54. The van der Waals surface area contributed by atoms with Crippen molar-refractivity contribution in [3.8, 4) is 22.8 Å². The molecule has 0 spiro atoms. The van der Waals surface area contributed by atoms with E-state index in [1.165, 1.54) is 0 Å². The molecule has 1 aromatic heterocycles. The van der Waals surface area contributed by atoms with E-state index in [1.54, 1.807) is 6.07 Å². The normalized spacial score (nSPS) is 18.4. The van der Waals surface area contributed by atoms with Gasteiger partial charge in [0.25, 0.3) is 5.91 Å². The highest BCUT2D eigenvalue weighted by atomic mass is 16.6. The van der Waals surface area contributed by atoms with Crippen molar-refractivity contribution >= 4 is 5.91 Å². The summed E-state index contributed by atoms with van der Waals surface area (Å²) in [7, 11) is 0. The van der Waals surface area contributed by atoms with Crippen LogP contribution < -0.4 is 14.8 Å². The van der Waals surface area contributed by atoms with Crippen LogP contribution in [0.15, 0.2) is 28.8 Å². The summed E-state index contributed by atoms with van der Waals surface area (Å²) in [5, 5.41) is 6.91. The van der Waals surface area contributed by atoms with Gasteiger partial charge >= 0.3 is 0 Å². The van der Waals surface area contributed by atoms with Gasteiger partial charge in [0.15, 0.2) is 23.0 Å². The van der Waals surface area contributed by atoms with Crippen molar-refractivity contribution in [2.75, 3.05) is 52.5 Å². The first-order valence-electron chi connectivity index (χ1n) is 10.3. The first-order chi connectivity index (χ1) is 14.1. The number of nitrogens with zero attached hydrogens (tertiary/aromatic N) is 3. The molecule has 0 radical (unpaired) electrons. The lowest BCUT2D eigenvalue weighted by atomic mass is 10.1. The van der Waals surface area contributed by atoms with Gasteiger partial charge in [-0.05, 0) is 31.7 Å². The molecule has 0 aliphatic carbocycles. The molecule has 156 valence electrons. The quantitative estimate of drug-likeness (QED) is 0.793. The van der Waals surface area contributed by atoms with Gasteiger partial charge in [0.05, 0.1) is 0 Å². The van der Waals surface area contributed by atoms with E-state index in [1.807, 2.05) is 18.2 Å². The molecule has 8 nitrogen and oxygen atoms in total. The van der Waals surface area contributed by atoms with Crippen molar-refractivity contribution in [1.29, 1.82) is 0 Å². The number of nitrogens with one attached hydrogen (secondary N) is 1. The predicted octanol–water partition coefficient (Wildman–Crippen LogP) is 1.87. The van der Waals surface area contributed by atoms with E-state index >= 15 is 0 Å². The van der Waals surface area contributed by atoms with Gasteiger partial charge in [0.1, 0.15) is 13.2 Å². The van der Waals surface area contributed by atoms with Gasteiger partial charge in [-0.2, -0.15) is 0 Å². The monoisotopic (exact) mass is 400 g/mol. The Kier molecular flexibility index (Phi) is 6.01. The number of ether oxygens (including phenoxy) is 2. The van der Waals surface area contributed by atoms with Gasteiger partial charge in [0, 0.05) is 50.4 Å². The second-order valence-electron chi connectivity index (χ2n) is 7.46. The number of benzene rings is 1. The lowest BCUT2D eigenvalue weighted by Gasteiger charge is -2.37. The molecule has 4 rings (SSSR count). The summed E-state index contributed by atoms with van der Waals surface area (Å²) in [6, 6.07) is 7.49. The van der Waals surface area contributed by atoms with Crippen molar-refractivity contribution < 1.29 is 18.8 Å². The zero-order chi connectivity index (χ0) is 20.2. The molecule has 1 aromatic carbocycles. The molecule has 29 heavy (non-hydrogen) atoms. The van der Waals surface area contributed by atoms with Crippen LogP contribution in [0.1, 0.15) is 24.3 Å². The maximum absolute atomic E-state index is 12.5. The molecule has 3 heterocycles. The van der Waals surface area contributed by atoms with E-state index in [-0.39, 0.29) is 17.6 Å². The Morgan fingerprint density at radius 1 is 1.14 bits per heavy atom. The minimum atomic E-state index is -0.225. The molecule has 0 saturated carbocycles. The van der Waals surface area contributed by atoms with Crippen LogP contribution in [0.3, 0.4) is 0 Å². The van der Waals surface area contributed by atoms with Gasteiger partial charge in [0.2, 0.25) is 0 Å². The molecule has 1 unspecified atom stereocenters. The lowest BCUT2D eigenvalue weighted by molar-refractivity contribution is 0.0876. The molecule has 1 fully saturated rings. The van der Waals surface area contributed by atoms with Crippen LogP contribution in [0.2, 0.25) is 0 Å². The highest BCUT2D eigenvalue weighted by molar-refractivity contribution is 5.93. The Morgan fingerprint density at radius 3 is 2.66 bits per heavy atom. The number of hydrogen-bond acceptors (Lipinski definition) is 7. The van der Waals surface area contributed by atoms with Crippen LogP contribution in [-0.4, -0.2) is 79.4 Å². The molecule has 8 heteroatoms. The average molecular weight is 400 g/mol. The van der Waals surface area contributed by atoms with Crippen molar-refractivity contribution in [2.45, 2.75) is 19.9 Å². The molecule has 1 N–H and O–H groups in total. The fourth-order valence-electron chi connectivity index (χ4n) is 3.70. The maximum atomic E-state index is 12.5. The van der Waals surface area contributed by atoms with E-state index in [0.29, 0.717) is 37.0 Å². The predicted molar refractivity (Wildman–Crippen MR) is 108 cm³/mol. The number of aromatic nitrogens is 1. The molecule has 2 aliphatic rings. The molecule has 1 atom stereocenters. The zero-order valence-corrected chi connectivity index (χ0v) is 17.0. The number of amides is 1. The first kappa shape index (κ1) is 19.7. The second-order valence-corrected chi connectivity index (χ2v) is 7.46. The molecule has 1 saturated heterocycles. The van der Waals surface area contributed by atoms with Gasteiger partial charge in [-0.15, -0.1) is 0 Å². The lowest BCUT2D eigenvalue weighted by Crippen LogP contribution is -2.52. The van der Waals surface area contributed by atoms with Crippen molar-refractivity contribution in [1.82, 2.24) is 20.3 Å². The SMILES string of the molecule is CCN1CCN(C(C)CNC(=O)c2cc(-c3ccc4c(c3)OCCO4)on2)CC1. The topological polar surface area (TPSA) is 80.1 Å². The maximum Gasteiger partial charge on any atom is 0.273 e. The van der Waals surface area contributed by atoms with E-state index in [0.717, 1.165) is 38.3 Å². The fraction of sp³-hybridized carbons (Fsp3) is 0.524. The molecular formula is C21H28N4O4. The Bertz CT molecular complexity index is 845. The zero-order valence-electron chi connectivity index (χ0n) is 17.0. The average Bonchev–Trinajstić information content (AvgIpc) is 3.27. The van der Waals surface area contributed by atoms with E-state index in [2.05, 4.69) is 34.1 Å². The fourth-order valence-corrected chi connectivity index (χ4v) is 3.70. The largest absolute Gasteiger partial charge is 0.486 e. The number of fused-ring (bicyclic) bond motifs is 1. The molecule has 2 aliphatic heterocycles. The molecule has 0 bridgehead atoms. The highest BCUT2D eigenvalue weighted by Crippen LogP contribution is 2.34. The van der Waals surface area contributed by atoms with Crippen molar-refractivity contribution in [3.63, 3.8) is 0 Å². The molecule has 2 aromatic rings. The molecular weight excluding hydrogens is 372 g/mol. The van der Waals surface area contributed by atoms with Gasteiger partial charge in [-0.3, -0.25) is 9.69 Å². The minimum Gasteiger partial charge on any atom is -0.486 e. The number of likely N-dealkylation sites (N-methyl/N-ethyl adjacent to an activating group) is 1. The Hall–Kier alpha value is -2.58. The number of piperazine rings is 1. The van der Waals surface area contributed by atoms with Crippen LogP contribution in [0, 0.1) is 0 Å². The van der Waals surface area contributed by atoms with Crippen molar-refractivity contribution in [2.24, 2.45) is 0 Å². The van der Waals surface area contributed by atoms with Crippen molar-refractivity contribution in [3.05, 3.63) is 30.0 Å². The molecule has 1 amide bonds. The summed E-state index contributed by atoms with van der Waals surface area (Å²) in [4.78, 5) is 17.4. The summed E-state index contributed by atoms with van der Waals surface area (Å²) in [6.45, 7) is 11.3. The third-order valence-electron chi connectivity index (χ3n) is 5.60. The number of rotatable bonds is 6. The Labute approximate surface area is 170 Å². The Balaban J connectivity index is 1.33. The first-order valence-corrected chi connectivity index (χ1v) is 10.3. The minimum absolute atomic E-state index is 0.225. The van der Waals surface area contributed by atoms with Crippen LogP contribution in [-0.2, 0) is 0 Å². The number of carbonyl (C=O) groups is 1.